The second-order valence-electron chi connectivity index (χ2n) is 2.61. The van der Waals surface area contributed by atoms with Crippen molar-refractivity contribution in [2.75, 3.05) is 0 Å². The fourth-order valence-corrected chi connectivity index (χ4v) is 0.926. The fourth-order valence-electron chi connectivity index (χ4n) is 0.576. The lowest BCUT2D eigenvalue weighted by atomic mass is 10.2. The van der Waals surface area contributed by atoms with Crippen LogP contribution in [0.15, 0.2) is 52.5 Å². The molecule has 0 radical (unpaired) electrons. The molecule has 0 bridgehead atoms. The van der Waals surface area contributed by atoms with Crippen molar-refractivity contribution in [3.05, 3.63) is 52.5 Å². The molecule has 0 heterocycles. The topological polar surface area (TPSA) is 0 Å². The van der Waals surface area contributed by atoms with Gasteiger partial charge in [-0.25, -0.2) is 0 Å². The molecule has 0 aromatic heterocycles. The zero-order valence-electron chi connectivity index (χ0n) is 8.50. The third-order valence-corrected chi connectivity index (χ3v) is 1.95. The van der Waals surface area contributed by atoms with E-state index in [0.717, 1.165) is 5.57 Å². The average molecular weight is 192 g/mol. The van der Waals surface area contributed by atoms with E-state index in [9.17, 15) is 0 Å². The highest BCUT2D eigenvalue weighted by Gasteiger charge is 1.79. The lowest BCUT2D eigenvalue weighted by molar-refractivity contribution is 1.45. The predicted molar refractivity (Wildman–Crippen MR) is 63.6 cm³/mol. The van der Waals surface area contributed by atoms with Crippen molar-refractivity contribution in [3.8, 4) is 0 Å². The number of hydrogen-bond donors (Lipinski definition) is 0. The van der Waals surface area contributed by atoms with Crippen molar-refractivity contribution in [3.63, 3.8) is 0 Å². The lowest BCUT2D eigenvalue weighted by Gasteiger charge is -1.87. The zero-order valence-corrected chi connectivity index (χ0v) is 9.32. The molecule has 0 spiro atoms. The molecule has 0 aliphatic rings. The summed E-state index contributed by atoms with van der Waals surface area (Å²) in [5.41, 5.74) is 5.51. The largest absolute Gasteiger partial charge is 0.110 e. The smallest absolute Gasteiger partial charge is 0.0175 e. The van der Waals surface area contributed by atoms with E-state index in [1.54, 1.807) is 5.41 Å². The first-order valence-corrected chi connectivity index (χ1v) is 5.14. The molecule has 0 aliphatic heterocycles. The van der Waals surface area contributed by atoms with E-state index < -0.39 is 0 Å². The molecule has 0 aliphatic carbocycles. The third-order valence-electron chi connectivity index (χ3n) is 1.50. The van der Waals surface area contributed by atoms with Crippen molar-refractivity contribution in [2.45, 2.75) is 20.8 Å². The minimum Gasteiger partial charge on any atom is -0.110 e. The Bertz CT molecular complexity index is 273. The van der Waals surface area contributed by atoms with Crippen LogP contribution in [0.25, 0.3) is 0 Å². The van der Waals surface area contributed by atoms with Gasteiger partial charge in [0.2, 0.25) is 0 Å². The van der Waals surface area contributed by atoms with Gasteiger partial charge < -0.3 is 0 Å². The summed E-state index contributed by atoms with van der Waals surface area (Å²) in [6.07, 6.45) is 6.20. The van der Waals surface area contributed by atoms with Crippen molar-refractivity contribution >= 4 is 11.8 Å². The molecule has 0 amide bonds. The maximum absolute atomic E-state index is 3.60. The molecule has 0 N–H and O–H groups in total. The first kappa shape index (κ1) is 12.1. The van der Waals surface area contributed by atoms with E-state index in [0.29, 0.717) is 0 Å². The van der Waals surface area contributed by atoms with E-state index in [1.807, 2.05) is 19.3 Å². The van der Waals surface area contributed by atoms with Gasteiger partial charge in [0, 0.05) is 5.41 Å². The summed E-state index contributed by atoms with van der Waals surface area (Å²) in [5.74, 6) is 0. The Balaban J connectivity index is 4.28. The van der Waals surface area contributed by atoms with Crippen LogP contribution >= 0.6 is 11.8 Å². The highest BCUT2D eigenvalue weighted by atomic mass is 32.2. The Morgan fingerprint density at radius 1 is 1.31 bits per heavy atom. The molecule has 0 nitrogen and oxygen atoms in total. The molecule has 0 rings (SSSR count). The third kappa shape index (κ3) is 7.45. The molecule has 0 aromatic rings. The summed E-state index contributed by atoms with van der Waals surface area (Å²) in [7, 11) is 0. The van der Waals surface area contributed by atoms with Crippen LogP contribution in [0.5, 0.6) is 0 Å². The molecular weight excluding hydrogens is 176 g/mol. The normalized spacial score (nSPS) is 11.2. The van der Waals surface area contributed by atoms with Crippen molar-refractivity contribution in [2.24, 2.45) is 0 Å². The molecule has 70 valence electrons. The Labute approximate surface area is 85.4 Å². The molecule has 0 unspecified atom stereocenters. The zero-order chi connectivity index (χ0) is 10.1. The van der Waals surface area contributed by atoms with Crippen molar-refractivity contribution in [1.29, 1.82) is 0 Å². The van der Waals surface area contributed by atoms with E-state index >= 15 is 0 Å². The Morgan fingerprint density at radius 3 is 2.54 bits per heavy atom. The Hall–Kier alpha value is -0.910. The van der Waals surface area contributed by atoms with Crippen LogP contribution in [-0.2, 0) is 0 Å². The second-order valence-corrected chi connectivity index (χ2v) is 3.46. The second kappa shape index (κ2) is 7.72. The van der Waals surface area contributed by atoms with Crippen LogP contribution in [0.4, 0.5) is 0 Å². The molecule has 1 heteroatoms. The van der Waals surface area contributed by atoms with E-state index in [4.69, 9.17) is 0 Å². The summed E-state index contributed by atoms with van der Waals surface area (Å²) >= 11 is 1.53. The quantitative estimate of drug-likeness (QED) is 0.468. The molecule has 0 saturated carbocycles. The predicted octanol–water partition coefficient (Wildman–Crippen LogP) is 4.44. The standard InChI is InChI=1S/C12H16S/c1-5-11(3)7-8-12(4)9-10-13-6-2/h5-8,10H,2H2,1,3-4H3/b8-7-,11-5-. The minimum atomic E-state index is 1.12. The number of thioether (sulfide) groups is 1. The Kier molecular flexibility index (Phi) is 7.18. The SMILES string of the molecule is C=CSC=C=C(C)/C=C\C(C)=C/C. The maximum atomic E-state index is 3.60. The fraction of sp³-hybridized carbons (Fsp3) is 0.250. The van der Waals surface area contributed by atoms with Gasteiger partial charge in [0.1, 0.15) is 0 Å². The highest BCUT2D eigenvalue weighted by Crippen LogP contribution is 2.03. The molecule has 13 heavy (non-hydrogen) atoms. The van der Waals surface area contributed by atoms with Crippen LogP contribution in [0.3, 0.4) is 0 Å². The van der Waals surface area contributed by atoms with Crippen LogP contribution in [0.2, 0.25) is 0 Å². The summed E-state index contributed by atoms with van der Waals surface area (Å²) in [6.45, 7) is 9.73. The average Bonchev–Trinajstić information content (AvgIpc) is 2.14. The molecule has 0 saturated heterocycles. The van der Waals surface area contributed by atoms with Crippen LogP contribution in [0, 0.1) is 0 Å². The van der Waals surface area contributed by atoms with Crippen LogP contribution in [-0.4, -0.2) is 0 Å². The van der Waals surface area contributed by atoms with Crippen molar-refractivity contribution in [1.82, 2.24) is 0 Å². The van der Waals surface area contributed by atoms with Gasteiger partial charge in [-0.2, -0.15) is 0 Å². The van der Waals surface area contributed by atoms with Gasteiger partial charge >= 0.3 is 0 Å². The molecule has 0 fully saturated rings. The molecule has 0 atom stereocenters. The number of rotatable bonds is 4. The van der Waals surface area contributed by atoms with Gasteiger partial charge in [-0.15, -0.1) is 5.73 Å². The molecule has 0 aromatic carbocycles. The van der Waals surface area contributed by atoms with E-state index in [1.165, 1.54) is 17.3 Å². The maximum Gasteiger partial charge on any atom is 0.0175 e. The first-order chi connectivity index (χ1) is 6.20. The summed E-state index contributed by atoms with van der Waals surface area (Å²) in [4.78, 5) is 0. The highest BCUT2D eigenvalue weighted by molar-refractivity contribution is 8.04. The lowest BCUT2D eigenvalue weighted by Crippen LogP contribution is -1.67. The van der Waals surface area contributed by atoms with E-state index in [-0.39, 0.29) is 0 Å². The van der Waals surface area contributed by atoms with Crippen LogP contribution < -0.4 is 0 Å². The van der Waals surface area contributed by atoms with Gasteiger partial charge in [-0.05, 0) is 31.8 Å². The summed E-state index contributed by atoms with van der Waals surface area (Å²) < 4.78 is 0. The first-order valence-electron chi connectivity index (χ1n) is 4.20. The number of hydrogen-bond acceptors (Lipinski definition) is 1. The summed E-state index contributed by atoms with van der Waals surface area (Å²) in [6, 6.07) is 0. The van der Waals surface area contributed by atoms with Crippen molar-refractivity contribution < 1.29 is 0 Å². The van der Waals surface area contributed by atoms with Crippen LogP contribution in [0.1, 0.15) is 20.8 Å². The molecular formula is C12H16S. The monoisotopic (exact) mass is 192 g/mol. The Morgan fingerprint density at radius 2 is 2.00 bits per heavy atom. The van der Waals surface area contributed by atoms with E-state index in [2.05, 4.69) is 37.5 Å². The summed E-state index contributed by atoms with van der Waals surface area (Å²) in [5, 5.41) is 3.68. The van der Waals surface area contributed by atoms with Gasteiger partial charge in [0.15, 0.2) is 0 Å². The van der Waals surface area contributed by atoms with Gasteiger partial charge in [0.25, 0.3) is 0 Å². The minimum absolute atomic E-state index is 1.12. The number of allylic oxidation sites excluding steroid dienone is 5. The van der Waals surface area contributed by atoms with Gasteiger partial charge in [0.05, 0.1) is 0 Å². The van der Waals surface area contributed by atoms with Gasteiger partial charge in [-0.3, -0.25) is 0 Å². The van der Waals surface area contributed by atoms with Gasteiger partial charge in [-0.1, -0.05) is 42.1 Å².